The summed E-state index contributed by atoms with van der Waals surface area (Å²) in [5, 5.41) is 1.09. The molecule has 7 nitrogen and oxygen atoms in total. The molecule has 1 fully saturated rings. The minimum atomic E-state index is -0.0533. The molecule has 4 aromatic heterocycles. The molecule has 0 bridgehead atoms. The maximum atomic E-state index is 13.6. The van der Waals surface area contributed by atoms with Crippen molar-refractivity contribution >= 4 is 22.2 Å². The van der Waals surface area contributed by atoms with Crippen LogP contribution in [0.2, 0.25) is 0 Å². The van der Waals surface area contributed by atoms with Gasteiger partial charge in [0, 0.05) is 54.9 Å². The predicted octanol–water partition coefficient (Wildman–Crippen LogP) is 4.47. The van der Waals surface area contributed by atoms with Gasteiger partial charge in [0.1, 0.15) is 5.65 Å². The zero-order valence-corrected chi connectivity index (χ0v) is 18.5. The smallest absolute Gasteiger partial charge is 0.334 e. The summed E-state index contributed by atoms with van der Waals surface area (Å²) in [6, 6.07) is 13.9. The number of imidazole rings is 1. The normalized spacial score (nSPS) is 14.9. The van der Waals surface area contributed by atoms with Crippen LogP contribution in [0.3, 0.4) is 0 Å². The van der Waals surface area contributed by atoms with Crippen LogP contribution in [0.5, 0.6) is 0 Å². The Morgan fingerprint density at radius 3 is 2.64 bits per heavy atom. The van der Waals surface area contributed by atoms with E-state index in [4.69, 9.17) is 9.72 Å². The first-order valence-corrected chi connectivity index (χ1v) is 11.4. The Morgan fingerprint density at radius 2 is 1.82 bits per heavy atom. The molecular weight excluding hydrogens is 414 g/mol. The van der Waals surface area contributed by atoms with Crippen molar-refractivity contribution < 1.29 is 4.74 Å². The third kappa shape index (κ3) is 3.45. The lowest BCUT2D eigenvalue weighted by Crippen LogP contribution is -2.28. The van der Waals surface area contributed by atoms with E-state index in [9.17, 15) is 4.79 Å². The average Bonchev–Trinajstić information content (AvgIpc) is 3.36. The van der Waals surface area contributed by atoms with Crippen molar-refractivity contribution in [1.29, 1.82) is 0 Å². The number of nitrogens with one attached hydrogen (secondary N) is 1. The SMILES string of the molecule is Cc1c[nH]c2ncc(-c3cnc4c(c3)n(CC3CCOCC3)c(=O)n4-c3ccccc3)cc12. The molecule has 1 aliphatic rings. The van der Waals surface area contributed by atoms with E-state index in [2.05, 4.69) is 29.0 Å². The van der Waals surface area contributed by atoms with Crippen LogP contribution < -0.4 is 5.69 Å². The zero-order valence-electron chi connectivity index (χ0n) is 18.5. The summed E-state index contributed by atoms with van der Waals surface area (Å²) in [6.07, 6.45) is 7.59. The summed E-state index contributed by atoms with van der Waals surface area (Å²) in [7, 11) is 0. The van der Waals surface area contributed by atoms with E-state index in [0.717, 1.165) is 65.0 Å². The van der Waals surface area contributed by atoms with Crippen molar-refractivity contribution in [2.45, 2.75) is 26.3 Å². The highest BCUT2D eigenvalue weighted by atomic mass is 16.5. The fourth-order valence-corrected chi connectivity index (χ4v) is 4.76. The Balaban J connectivity index is 1.53. The lowest BCUT2D eigenvalue weighted by molar-refractivity contribution is 0.0613. The molecule has 5 aromatic rings. The molecule has 1 aliphatic heterocycles. The number of para-hydroxylation sites is 1. The molecule has 33 heavy (non-hydrogen) atoms. The zero-order chi connectivity index (χ0) is 22.4. The molecule has 1 N–H and O–H groups in total. The first kappa shape index (κ1) is 19.9. The summed E-state index contributed by atoms with van der Waals surface area (Å²) in [4.78, 5) is 26.2. The molecule has 0 amide bonds. The number of aromatic amines is 1. The number of H-pyrrole nitrogens is 1. The molecule has 0 spiro atoms. The maximum absolute atomic E-state index is 13.6. The van der Waals surface area contributed by atoms with Crippen LogP contribution in [-0.2, 0) is 11.3 Å². The van der Waals surface area contributed by atoms with Gasteiger partial charge < -0.3 is 9.72 Å². The monoisotopic (exact) mass is 439 g/mol. The fraction of sp³-hybridized carbons (Fsp3) is 0.269. The number of hydrogen-bond acceptors (Lipinski definition) is 4. The third-order valence-corrected chi connectivity index (χ3v) is 6.64. The van der Waals surface area contributed by atoms with Crippen LogP contribution in [0, 0.1) is 12.8 Å². The van der Waals surface area contributed by atoms with Gasteiger partial charge in [0.15, 0.2) is 5.65 Å². The van der Waals surface area contributed by atoms with E-state index in [1.807, 2.05) is 53.5 Å². The number of nitrogens with zero attached hydrogens (tertiary/aromatic N) is 4. The Bertz CT molecular complexity index is 1510. The van der Waals surface area contributed by atoms with Crippen molar-refractivity contribution in [3.05, 3.63) is 77.1 Å². The van der Waals surface area contributed by atoms with Crippen LogP contribution >= 0.6 is 0 Å². The summed E-state index contributed by atoms with van der Waals surface area (Å²) in [5.41, 5.74) is 6.25. The quantitative estimate of drug-likeness (QED) is 0.448. The van der Waals surface area contributed by atoms with Crippen molar-refractivity contribution in [1.82, 2.24) is 24.1 Å². The van der Waals surface area contributed by atoms with Gasteiger partial charge in [0.25, 0.3) is 0 Å². The summed E-state index contributed by atoms with van der Waals surface area (Å²) in [6.45, 7) is 4.24. The molecule has 0 saturated carbocycles. The van der Waals surface area contributed by atoms with Crippen molar-refractivity contribution in [3.63, 3.8) is 0 Å². The van der Waals surface area contributed by atoms with Crippen LogP contribution in [-0.4, -0.2) is 37.3 Å². The number of rotatable bonds is 4. The standard InChI is InChI=1S/C26H25N5O2/c1-17-13-27-24-22(17)11-19(14-28-24)20-12-23-25(29-15-20)31(21-5-3-2-4-6-21)26(32)30(23)16-18-7-9-33-10-8-18/h2-6,11-15,18H,7-10,16H2,1H3,(H,27,28). The Kier molecular flexibility index (Phi) is 4.84. The number of fused-ring (bicyclic) bond motifs is 2. The number of aromatic nitrogens is 5. The van der Waals surface area contributed by atoms with Gasteiger partial charge in [-0.15, -0.1) is 0 Å². The Hall–Kier alpha value is -3.71. The lowest BCUT2D eigenvalue weighted by atomic mass is 10.0. The minimum absolute atomic E-state index is 0.0533. The van der Waals surface area contributed by atoms with Gasteiger partial charge in [-0.2, -0.15) is 0 Å². The molecule has 6 rings (SSSR count). The third-order valence-electron chi connectivity index (χ3n) is 6.64. The van der Waals surface area contributed by atoms with E-state index in [1.165, 1.54) is 0 Å². The van der Waals surface area contributed by atoms with Crippen LogP contribution in [0.4, 0.5) is 0 Å². The molecule has 0 aliphatic carbocycles. The first-order chi connectivity index (χ1) is 16.2. The highest BCUT2D eigenvalue weighted by Gasteiger charge is 2.21. The molecule has 0 atom stereocenters. The van der Waals surface area contributed by atoms with Gasteiger partial charge in [0.2, 0.25) is 0 Å². The predicted molar refractivity (Wildman–Crippen MR) is 129 cm³/mol. The largest absolute Gasteiger partial charge is 0.381 e. The van der Waals surface area contributed by atoms with Gasteiger partial charge in [-0.05, 0) is 55.5 Å². The number of benzene rings is 1. The molecule has 1 saturated heterocycles. The van der Waals surface area contributed by atoms with E-state index in [0.29, 0.717) is 18.1 Å². The molecule has 166 valence electrons. The topological polar surface area (TPSA) is 77.7 Å². The van der Waals surface area contributed by atoms with E-state index < -0.39 is 0 Å². The van der Waals surface area contributed by atoms with Crippen molar-refractivity contribution in [3.8, 4) is 16.8 Å². The van der Waals surface area contributed by atoms with Gasteiger partial charge in [0.05, 0.1) is 11.2 Å². The lowest BCUT2D eigenvalue weighted by Gasteiger charge is -2.22. The van der Waals surface area contributed by atoms with Gasteiger partial charge >= 0.3 is 5.69 Å². The highest BCUT2D eigenvalue weighted by molar-refractivity contribution is 5.86. The van der Waals surface area contributed by atoms with Crippen LogP contribution in [0.1, 0.15) is 18.4 Å². The molecule has 7 heteroatoms. The molecule has 1 aromatic carbocycles. The number of ether oxygens (including phenoxy) is 1. The highest BCUT2D eigenvalue weighted by Crippen LogP contribution is 2.28. The first-order valence-electron chi connectivity index (χ1n) is 11.4. The second-order valence-corrected chi connectivity index (χ2v) is 8.78. The van der Waals surface area contributed by atoms with Gasteiger partial charge in [-0.3, -0.25) is 4.57 Å². The van der Waals surface area contributed by atoms with E-state index in [1.54, 1.807) is 4.57 Å². The molecule has 5 heterocycles. The average molecular weight is 440 g/mol. The van der Waals surface area contributed by atoms with E-state index in [-0.39, 0.29) is 5.69 Å². The summed E-state index contributed by atoms with van der Waals surface area (Å²) >= 11 is 0. The van der Waals surface area contributed by atoms with Crippen molar-refractivity contribution in [2.75, 3.05) is 13.2 Å². The second kappa shape index (κ2) is 8.01. The van der Waals surface area contributed by atoms with Gasteiger partial charge in [-0.1, -0.05) is 18.2 Å². The van der Waals surface area contributed by atoms with Crippen molar-refractivity contribution in [2.24, 2.45) is 5.92 Å². The number of pyridine rings is 2. The van der Waals surface area contributed by atoms with Gasteiger partial charge in [-0.25, -0.2) is 19.3 Å². The van der Waals surface area contributed by atoms with Crippen LogP contribution in [0.25, 0.3) is 39.0 Å². The Labute approximate surface area is 190 Å². The maximum Gasteiger partial charge on any atom is 0.334 e. The summed E-state index contributed by atoms with van der Waals surface area (Å²) in [5.74, 6) is 0.412. The second-order valence-electron chi connectivity index (χ2n) is 8.78. The number of hydrogen-bond donors (Lipinski definition) is 1. The van der Waals surface area contributed by atoms with Crippen LogP contribution in [0.15, 0.2) is 65.8 Å². The molecular formula is C26H25N5O2. The molecule has 0 radical (unpaired) electrons. The minimum Gasteiger partial charge on any atom is -0.381 e. The fourth-order valence-electron chi connectivity index (χ4n) is 4.76. The van der Waals surface area contributed by atoms with E-state index >= 15 is 0 Å². The molecule has 0 unspecified atom stereocenters. The Morgan fingerprint density at radius 1 is 1.06 bits per heavy atom. The summed E-state index contributed by atoms with van der Waals surface area (Å²) < 4.78 is 9.14. The number of aryl methyl sites for hydroxylation is 1.